The lowest BCUT2D eigenvalue weighted by molar-refractivity contribution is 0.449. The van der Waals surface area contributed by atoms with Crippen LogP contribution in [0, 0.1) is 5.92 Å². The summed E-state index contributed by atoms with van der Waals surface area (Å²) >= 11 is 0. The van der Waals surface area contributed by atoms with Crippen molar-refractivity contribution in [2.75, 3.05) is 6.54 Å². The molecule has 0 spiro atoms. The molecule has 2 unspecified atom stereocenters. The van der Waals surface area contributed by atoms with E-state index in [-0.39, 0.29) is 5.83 Å². The Morgan fingerprint density at radius 2 is 2.42 bits per heavy atom. The van der Waals surface area contributed by atoms with Crippen molar-refractivity contribution in [3.8, 4) is 0 Å². The predicted octanol–water partition coefficient (Wildman–Crippen LogP) is 2.17. The molecule has 1 fully saturated rings. The Hall–Kier alpha value is -0.630. The number of allylic oxidation sites excluding steroid dienone is 3. The Morgan fingerprint density at radius 3 is 3.08 bits per heavy atom. The average molecular weight is 167 g/mol. The van der Waals surface area contributed by atoms with Crippen LogP contribution in [0.25, 0.3) is 0 Å². The molecule has 12 heavy (non-hydrogen) atoms. The maximum atomic E-state index is 12.8. The zero-order chi connectivity index (χ0) is 8.39. The zero-order valence-corrected chi connectivity index (χ0v) is 7.09. The summed E-state index contributed by atoms with van der Waals surface area (Å²) in [6.07, 6.45) is 8.67. The van der Waals surface area contributed by atoms with Crippen LogP contribution in [-0.4, -0.2) is 12.6 Å². The van der Waals surface area contributed by atoms with Crippen LogP contribution < -0.4 is 5.32 Å². The molecule has 2 atom stereocenters. The van der Waals surface area contributed by atoms with Crippen molar-refractivity contribution >= 4 is 0 Å². The van der Waals surface area contributed by atoms with Crippen LogP contribution in [0.3, 0.4) is 0 Å². The van der Waals surface area contributed by atoms with E-state index in [1.807, 2.05) is 6.08 Å². The molecule has 0 aromatic rings. The van der Waals surface area contributed by atoms with Gasteiger partial charge in [-0.15, -0.1) is 0 Å². The van der Waals surface area contributed by atoms with Crippen LogP contribution >= 0.6 is 0 Å². The number of hydrogen-bond donors (Lipinski definition) is 1. The van der Waals surface area contributed by atoms with Crippen LogP contribution in [0.4, 0.5) is 4.39 Å². The molecule has 0 amide bonds. The van der Waals surface area contributed by atoms with Crippen LogP contribution in [0.15, 0.2) is 24.1 Å². The Bertz CT molecular complexity index is 214. The molecule has 1 aliphatic heterocycles. The molecule has 2 rings (SSSR count). The number of hydrogen-bond acceptors (Lipinski definition) is 1. The van der Waals surface area contributed by atoms with E-state index < -0.39 is 0 Å². The first-order valence-corrected chi connectivity index (χ1v) is 4.63. The van der Waals surface area contributed by atoms with Crippen LogP contribution in [0.1, 0.15) is 19.3 Å². The molecule has 2 aliphatic rings. The standard InChI is InChI=1S/C10H14FN/c11-9-4-1-3-8(7-9)10-5-2-6-12-10/h1,4,7-8,10,12H,2-3,5-6H2. The van der Waals surface area contributed by atoms with Crippen molar-refractivity contribution in [2.45, 2.75) is 25.3 Å². The molecule has 0 aromatic heterocycles. The Morgan fingerprint density at radius 1 is 1.50 bits per heavy atom. The van der Waals surface area contributed by atoms with E-state index in [4.69, 9.17) is 0 Å². The van der Waals surface area contributed by atoms with E-state index in [2.05, 4.69) is 5.32 Å². The summed E-state index contributed by atoms with van der Waals surface area (Å²) < 4.78 is 12.8. The zero-order valence-electron chi connectivity index (χ0n) is 7.09. The quantitative estimate of drug-likeness (QED) is 0.631. The van der Waals surface area contributed by atoms with Gasteiger partial charge in [0.1, 0.15) is 5.83 Å². The van der Waals surface area contributed by atoms with E-state index in [1.54, 1.807) is 12.2 Å². The fraction of sp³-hybridized carbons (Fsp3) is 0.600. The van der Waals surface area contributed by atoms with Gasteiger partial charge in [0.15, 0.2) is 0 Å². The highest BCUT2D eigenvalue weighted by Crippen LogP contribution is 2.25. The SMILES string of the molecule is FC1=CC(C2CCCN2)CC=C1. The first-order valence-electron chi connectivity index (χ1n) is 4.63. The molecule has 0 aromatic carbocycles. The second-order valence-electron chi connectivity index (χ2n) is 3.56. The summed E-state index contributed by atoms with van der Waals surface area (Å²) in [7, 11) is 0. The minimum atomic E-state index is -0.0695. The molecule has 0 radical (unpaired) electrons. The van der Waals surface area contributed by atoms with Crippen LogP contribution in [-0.2, 0) is 0 Å². The third-order valence-corrected chi connectivity index (χ3v) is 2.67. The van der Waals surface area contributed by atoms with E-state index in [0.29, 0.717) is 12.0 Å². The van der Waals surface area contributed by atoms with Gasteiger partial charge in [0.2, 0.25) is 0 Å². The maximum absolute atomic E-state index is 12.8. The maximum Gasteiger partial charge on any atom is 0.119 e. The number of rotatable bonds is 1. The molecule has 1 nitrogen and oxygen atoms in total. The third-order valence-electron chi connectivity index (χ3n) is 2.67. The molecular formula is C10H14FN. The van der Waals surface area contributed by atoms with Gasteiger partial charge in [-0.25, -0.2) is 4.39 Å². The van der Waals surface area contributed by atoms with Gasteiger partial charge in [-0.2, -0.15) is 0 Å². The third kappa shape index (κ3) is 1.58. The van der Waals surface area contributed by atoms with Crippen LogP contribution in [0.5, 0.6) is 0 Å². The second-order valence-corrected chi connectivity index (χ2v) is 3.56. The van der Waals surface area contributed by atoms with E-state index in [0.717, 1.165) is 13.0 Å². The van der Waals surface area contributed by atoms with Crippen molar-refractivity contribution < 1.29 is 4.39 Å². The lowest BCUT2D eigenvalue weighted by atomic mass is 9.91. The highest BCUT2D eigenvalue weighted by molar-refractivity contribution is 5.19. The summed E-state index contributed by atoms with van der Waals surface area (Å²) in [6.45, 7) is 1.10. The van der Waals surface area contributed by atoms with Crippen molar-refractivity contribution in [3.05, 3.63) is 24.1 Å². The fourth-order valence-electron chi connectivity index (χ4n) is 2.02. The molecule has 66 valence electrons. The number of halogens is 1. The predicted molar refractivity (Wildman–Crippen MR) is 47.5 cm³/mol. The molecule has 1 heterocycles. The lowest BCUT2D eigenvalue weighted by Gasteiger charge is -2.20. The Balaban J connectivity index is 2.00. The lowest BCUT2D eigenvalue weighted by Crippen LogP contribution is -2.29. The highest BCUT2D eigenvalue weighted by Gasteiger charge is 2.23. The van der Waals surface area contributed by atoms with Crippen molar-refractivity contribution in [3.63, 3.8) is 0 Å². The van der Waals surface area contributed by atoms with Crippen molar-refractivity contribution in [1.82, 2.24) is 5.32 Å². The molecule has 1 N–H and O–H groups in total. The molecule has 0 bridgehead atoms. The van der Waals surface area contributed by atoms with Crippen molar-refractivity contribution in [1.29, 1.82) is 0 Å². The fourth-order valence-corrected chi connectivity index (χ4v) is 2.02. The van der Waals surface area contributed by atoms with E-state index in [9.17, 15) is 4.39 Å². The van der Waals surface area contributed by atoms with E-state index >= 15 is 0 Å². The van der Waals surface area contributed by atoms with Gasteiger partial charge >= 0.3 is 0 Å². The molecular weight excluding hydrogens is 153 g/mol. The summed E-state index contributed by atoms with van der Waals surface area (Å²) in [5, 5.41) is 3.40. The normalized spacial score (nSPS) is 35.2. The summed E-state index contributed by atoms with van der Waals surface area (Å²) in [5.74, 6) is 0.317. The molecule has 0 saturated carbocycles. The van der Waals surface area contributed by atoms with Gasteiger partial charge in [0.25, 0.3) is 0 Å². The minimum absolute atomic E-state index is 0.0695. The van der Waals surface area contributed by atoms with Gasteiger partial charge in [0.05, 0.1) is 0 Å². The molecule has 2 heteroatoms. The van der Waals surface area contributed by atoms with Gasteiger partial charge in [0, 0.05) is 6.04 Å². The summed E-state index contributed by atoms with van der Waals surface area (Å²) in [6, 6.07) is 0.515. The summed E-state index contributed by atoms with van der Waals surface area (Å²) in [5.41, 5.74) is 0. The first kappa shape index (κ1) is 7.99. The average Bonchev–Trinajstić information content (AvgIpc) is 2.56. The Labute approximate surface area is 72.3 Å². The first-order chi connectivity index (χ1) is 5.86. The Kier molecular flexibility index (Phi) is 2.26. The highest BCUT2D eigenvalue weighted by atomic mass is 19.1. The largest absolute Gasteiger partial charge is 0.313 e. The van der Waals surface area contributed by atoms with Crippen molar-refractivity contribution in [2.24, 2.45) is 5.92 Å². The topological polar surface area (TPSA) is 12.0 Å². The second kappa shape index (κ2) is 3.40. The molecule has 1 saturated heterocycles. The number of nitrogens with one attached hydrogen (secondary N) is 1. The van der Waals surface area contributed by atoms with Gasteiger partial charge in [-0.05, 0) is 43.9 Å². The smallest absolute Gasteiger partial charge is 0.119 e. The van der Waals surface area contributed by atoms with Gasteiger partial charge in [-0.1, -0.05) is 6.08 Å². The van der Waals surface area contributed by atoms with Crippen LogP contribution in [0.2, 0.25) is 0 Å². The molecule has 1 aliphatic carbocycles. The van der Waals surface area contributed by atoms with Gasteiger partial charge < -0.3 is 5.32 Å². The summed E-state index contributed by atoms with van der Waals surface area (Å²) in [4.78, 5) is 0. The monoisotopic (exact) mass is 167 g/mol. The van der Waals surface area contributed by atoms with Gasteiger partial charge in [-0.3, -0.25) is 0 Å². The minimum Gasteiger partial charge on any atom is -0.313 e. The van der Waals surface area contributed by atoms with E-state index in [1.165, 1.54) is 12.8 Å².